The van der Waals surface area contributed by atoms with Crippen molar-refractivity contribution in [2.75, 3.05) is 6.61 Å². The number of alkyl halides is 3. The van der Waals surface area contributed by atoms with E-state index in [0.29, 0.717) is 12.5 Å². The van der Waals surface area contributed by atoms with Gasteiger partial charge in [-0.25, -0.2) is 0 Å². The molecule has 0 atom stereocenters. The van der Waals surface area contributed by atoms with E-state index in [1.54, 1.807) is 0 Å². The molecule has 0 spiro atoms. The highest BCUT2D eigenvalue weighted by Gasteiger charge is 2.36. The first kappa shape index (κ1) is 15.8. The van der Waals surface area contributed by atoms with Crippen LogP contribution in [0.2, 0.25) is 0 Å². The molecule has 0 aliphatic carbocycles. The van der Waals surface area contributed by atoms with Gasteiger partial charge in [-0.05, 0) is 11.6 Å². The SMILES string of the molecule is O=[N+]([O-])c1ccc(OCCc2ccccc2)c(C(F)(F)F)c1. The first-order valence-electron chi connectivity index (χ1n) is 6.40. The standard InChI is InChI=1S/C15H12F3NO3/c16-15(17,18)13-10-12(19(20)21)6-7-14(13)22-9-8-11-4-2-1-3-5-11/h1-7,10H,8-9H2. The molecule has 116 valence electrons. The first-order chi connectivity index (χ1) is 10.4. The second-order valence-electron chi connectivity index (χ2n) is 4.52. The molecule has 0 unspecified atom stereocenters. The fourth-order valence-electron chi connectivity index (χ4n) is 1.90. The Morgan fingerprint density at radius 1 is 1.09 bits per heavy atom. The minimum Gasteiger partial charge on any atom is -0.493 e. The van der Waals surface area contributed by atoms with E-state index < -0.39 is 28.1 Å². The molecule has 0 heterocycles. The van der Waals surface area contributed by atoms with Crippen LogP contribution in [-0.4, -0.2) is 11.5 Å². The van der Waals surface area contributed by atoms with E-state index in [-0.39, 0.29) is 6.61 Å². The topological polar surface area (TPSA) is 52.4 Å². The number of nitrogens with zero attached hydrogens (tertiary/aromatic N) is 1. The van der Waals surface area contributed by atoms with Gasteiger partial charge in [0, 0.05) is 18.6 Å². The third-order valence-electron chi connectivity index (χ3n) is 2.97. The molecule has 2 rings (SSSR count). The van der Waals surface area contributed by atoms with Crippen LogP contribution in [0.4, 0.5) is 18.9 Å². The number of nitro benzene ring substituents is 1. The Bertz CT molecular complexity index is 657. The highest BCUT2D eigenvalue weighted by molar-refractivity contribution is 5.45. The molecule has 0 bridgehead atoms. The fraction of sp³-hybridized carbons (Fsp3) is 0.200. The lowest BCUT2D eigenvalue weighted by Crippen LogP contribution is -2.11. The van der Waals surface area contributed by atoms with Gasteiger partial charge < -0.3 is 4.74 Å². The van der Waals surface area contributed by atoms with Crippen LogP contribution in [0.15, 0.2) is 48.5 Å². The van der Waals surface area contributed by atoms with Crippen LogP contribution in [0.5, 0.6) is 5.75 Å². The zero-order chi connectivity index (χ0) is 16.2. The Hall–Kier alpha value is -2.57. The van der Waals surface area contributed by atoms with E-state index in [2.05, 4.69) is 0 Å². The van der Waals surface area contributed by atoms with Gasteiger partial charge in [-0.3, -0.25) is 10.1 Å². The summed E-state index contributed by atoms with van der Waals surface area (Å²) in [6.07, 6.45) is -4.27. The molecule has 4 nitrogen and oxygen atoms in total. The average Bonchev–Trinajstić information content (AvgIpc) is 2.47. The summed E-state index contributed by atoms with van der Waals surface area (Å²) in [7, 11) is 0. The largest absolute Gasteiger partial charge is 0.493 e. The lowest BCUT2D eigenvalue weighted by Gasteiger charge is -2.13. The molecule has 0 radical (unpaired) electrons. The minimum absolute atomic E-state index is 0.0465. The van der Waals surface area contributed by atoms with Crippen molar-refractivity contribution >= 4 is 5.69 Å². The highest BCUT2D eigenvalue weighted by atomic mass is 19.4. The van der Waals surface area contributed by atoms with Crippen molar-refractivity contribution in [1.82, 2.24) is 0 Å². The number of non-ortho nitro benzene ring substituents is 1. The van der Waals surface area contributed by atoms with E-state index in [4.69, 9.17) is 4.74 Å². The van der Waals surface area contributed by atoms with Crippen molar-refractivity contribution in [3.8, 4) is 5.75 Å². The molecular formula is C15H12F3NO3. The summed E-state index contributed by atoms with van der Waals surface area (Å²) < 4.78 is 44.0. The van der Waals surface area contributed by atoms with Crippen LogP contribution in [-0.2, 0) is 12.6 Å². The summed E-state index contributed by atoms with van der Waals surface area (Å²) >= 11 is 0. The molecule has 0 saturated heterocycles. The van der Waals surface area contributed by atoms with Crippen LogP contribution in [0.1, 0.15) is 11.1 Å². The van der Waals surface area contributed by atoms with Crippen molar-refractivity contribution in [1.29, 1.82) is 0 Å². The van der Waals surface area contributed by atoms with Gasteiger partial charge in [0.1, 0.15) is 11.3 Å². The number of nitro groups is 1. The predicted molar refractivity (Wildman–Crippen MR) is 73.7 cm³/mol. The summed E-state index contributed by atoms with van der Waals surface area (Å²) in [5.41, 5.74) is -0.838. The van der Waals surface area contributed by atoms with Crippen molar-refractivity contribution in [3.63, 3.8) is 0 Å². The van der Waals surface area contributed by atoms with Gasteiger partial charge in [0.05, 0.1) is 11.5 Å². The first-order valence-corrected chi connectivity index (χ1v) is 6.40. The minimum atomic E-state index is -4.71. The van der Waals surface area contributed by atoms with Crippen molar-refractivity contribution in [2.45, 2.75) is 12.6 Å². The monoisotopic (exact) mass is 311 g/mol. The number of ether oxygens (including phenoxy) is 1. The van der Waals surface area contributed by atoms with E-state index >= 15 is 0 Å². The molecular weight excluding hydrogens is 299 g/mol. The summed E-state index contributed by atoms with van der Waals surface area (Å²) in [5.74, 6) is -0.408. The fourth-order valence-corrected chi connectivity index (χ4v) is 1.90. The Kier molecular flexibility index (Phi) is 4.65. The van der Waals surface area contributed by atoms with Crippen LogP contribution >= 0.6 is 0 Å². The van der Waals surface area contributed by atoms with Crippen LogP contribution in [0, 0.1) is 10.1 Å². The Morgan fingerprint density at radius 2 is 1.77 bits per heavy atom. The number of benzene rings is 2. The molecule has 0 aliphatic rings. The van der Waals surface area contributed by atoms with Gasteiger partial charge in [0.25, 0.3) is 5.69 Å². The second kappa shape index (κ2) is 6.46. The molecule has 0 fully saturated rings. The van der Waals surface area contributed by atoms with Crippen molar-refractivity contribution in [3.05, 3.63) is 69.8 Å². The van der Waals surface area contributed by atoms with Crippen LogP contribution < -0.4 is 4.74 Å². The molecule has 0 saturated carbocycles. The van der Waals surface area contributed by atoms with Gasteiger partial charge in [-0.15, -0.1) is 0 Å². The Labute approximate surface area is 124 Å². The lowest BCUT2D eigenvalue weighted by atomic mass is 10.1. The van der Waals surface area contributed by atoms with E-state index in [0.717, 1.165) is 17.7 Å². The van der Waals surface area contributed by atoms with E-state index in [9.17, 15) is 23.3 Å². The molecule has 2 aromatic carbocycles. The number of hydrogen-bond acceptors (Lipinski definition) is 3. The number of halogens is 3. The predicted octanol–water partition coefficient (Wildman–Crippen LogP) is 4.24. The molecule has 0 N–H and O–H groups in total. The number of rotatable bonds is 5. The van der Waals surface area contributed by atoms with Crippen LogP contribution in [0.25, 0.3) is 0 Å². The summed E-state index contributed by atoms with van der Waals surface area (Å²) in [4.78, 5) is 9.72. The molecule has 7 heteroatoms. The average molecular weight is 311 g/mol. The van der Waals surface area contributed by atoms with Crippen molar-refractivity contribution < 1.29 is 22.8 Å². The molecule has 2 aromatic rings. The van der Waals surface area contributed by atoms with Gasteiger partial charge in [0.2, 0.25) is 0 Å². The van der Waals surface area contributed by atoms with Gasteiger partial charge in [-0.2, -0.15) is 13.2 Å². The Morgan fingerprint density at radius 3 is 2.36 bits per heavy atom. The quantitative estimate of drug-likeness (QED) is 0.613. The zero-order valence-electron chi connectivity index (χ0n) is 11.3. The van der Waals surface area contributed by atoms with E-state index in [1.165, 1.54) is 0 Å². The number of hydrogen-bond donors (Lipinski definition) is 0. The summed E-state index contributed by atoms with van der Waals surface area (Å²) in [6.45, 7) is 0.0465. The third-order valence-corrected chi connectivity index (χ3v) is 2.97. The summed E-state index contributed by atoms with van der Waals surface area (Å²) in [6, 6.07) is 11.6. The molecule has 0 aliphatic heterocycles. The van der Waals surface area contributed by atoms with Gasteiger partial charge in [-0.1, -0.05) is 30.3 Å². The molecule has 0 amide bonds. The molecule has 0 aromatic heterocycles. The van der Waals surface area contributed by atoms with Crippen LogP contribution in [0.3, 0.4) is 0 Å². The van der Waals surface area contributed by atoms with Crippen molar-refractivity contribution in [2.24, 2.45) is 0 Å². The maximum absolute atomic E-state index is 12.9. The normalized spacial score (nSPS) is 11.2. The lowest BCUT2D eigenvalue weighted by molar-refractivity contribution is -0.385. The summed E-state index contributed by atoms with van der Waals surface area (Å²) in [5, 5.41) is 10.6. The second-order valence-corrected chi connectivity index (χ2v) is 4.52. The van der Waals surface area contributed by atoms with E-state index in [1.807, 2.05) is 30.3 Å². The van der Waals surface area contributed by atoms with Gasteiger partial charge >= 0.3 is 6.18 Å². The maximum Gasteiger partial charge on any atom is 0.420 e. The highest BCUT2D eigenvalue weighted by Crippen LogP contribution is 2.38. The maximum atomic E-state index is 12.9. The Balaban J connectivity index is 2.14. The zero-order valence-corrected chi connectivity index (χ0v) is 11.3. The molecule has 22 heavy (non-hydrogen) atoms. The third kappa shape index (κ3) is 3.97. The smallest absolute Gasteiger partial charge is 0.420 e. The van der Waals surface area contributed by atoms with Gasteiger partial charge in [0.15, 0.2) is 0 Å².